The van der Waals surface area contributed by atoms with Crippen LogP contribution in [0.2, 0.25) is 0 Å². The topological polar surface area (TPSA) is 40.5 Å². The highest BCUT2D eigenvalue weighted by atomic mass is 16.4. The van der Waals surface area contributed by atoms with Crippen molar-refractivity contribution in [3.8, 4) is 0 Å². The molecule has 78 valence electrons. The van der Waals surface area contributed by atoms with E-state index in [0.29, 0.717) is 5.56 Å². The molecule has 2 rings (SSSR count). The van der Waals surface area contributed by atoms with Crippen LogP contribution in [0, 0.1) is 6.92 Å². The molecule has 1 aliphatic rings. The fourth-order valence-corrected chi connectivity index (χ4v) is 1.81. The predicted molar refractivity (Wildman–Crippen MR) is 59.5 cm³/mol. The third kappa shape index (κ3) is 1.73. The number of hydrogen-bond donors (Lipinski definition) is 1. The third-order valence-electron chi connectivity index (χ3n) is 2.61. The maximum atomic E-state index is 10.7. The number of nitrogens with zero attached hydrogens (tertiary/aromatic N) is 1. The molecule has 1 heterocycles. The Labute approximate surface area is 88.6 Å². The van der Waals surface area contributed by atoms with Crippen LogP contribution in [0.3, 0.4) is 0 Å². The van der Waals surface area contributed by atoms with Crippen molar-refractivity contribution in [3.05, 3.63) is 41.5 Å². The lowest BCUT2D eigenvalue weighted by Crippen LogP contribution is -2.39. The minimum absolute atomic E-state index is 0.343. The first-order chi connectivity index (χ1) is 7.08. The quantitative estimate of drug-likeness (QED) is 0.748. The molecule has 1 N–H and O–H groups in total. The van der Waals surface area contributed by atoms with E-state index in [0.717, 1.165) is 24.3 Å². The zero-order chi connectivity index (χ0) is 11.0. The van der Waals surface area contributed by atoms with Gasteiger partial charge in [-0.2, -0.15) is 0 Å². The van der Waals surface area contributed by atoms with E-state index in [2.05, 4.69) is 11.5 Å². The van der Waals surface area contributed by atoms with E-state index in [4.69, 9.17) is 5.11 Å². The highest BCUT2D eigenvalue weighted by Crippen LogP contribution is 2.27. The Morgan fingerprint density at radius 2 is 2.13 bits per heavy atom. The van der Waals surface area contributed by atoms with Gasteiger partial charge in [-0.1, -0.05) is 6.58 Å². The lowest BCUT2D eigenvalue weighted by atomic mass is 10.0. The monoisotopic (exact) mass is 203 g/mol. The van der Waals surface area contributed by atoms with E-state index in [-0.39, 0.29) is 0 Å². The molecule has 0 spiro atoms. The zero-order valence-electron chi connectivity index (χ0n) is 8.66. The lowest BCUT2D eigenvalue weighted by Gasteiger charge is -2.36. The van der Waals surface area contributed by atoms with Gasteiger partial charge in [0.05, 0.1) is 5.56 Å². The van der Waals surface area contributed by atoms with Crippen molar-refractivity contribution in [1.82, 2.24) is 0 Å². The van der Waals surface area contributed by atoms with Gasteiger partial charge in [0, 0.05) is 18.8 Å². The summed E-state index contributed by atoms with van der Waals surface area (Å²) < 4.78 is 0. The third-order valence-corrected chi connectivity index (χ3v) is 2.61. The summed E-state index contributed by atoms with van der Waals surface area (Å²) in [5, 5.41) is 8.82. The molecule has 1 fully saturated rings. The Bertz CT molecular complexity index is 429. The zero-order valence-corrected chi connectivity index (χ0v) is 8.66. The Kier molecular flexibility index (Phi) is 2.23. The summed E-state index contributed by atoms with van der Waals surface area (Å²) in [6.07, 6.45) is 0. The number of aromatic carboxylic acids is 1. The number of carboxylic acid groups (broad SMARTS) is 1. The molecule has 0 atom stereocenters. The molecule has 0 unspecified atom stereocenters. The van der Waals surface area contributed by atoms with Gasteiger partial charge in [0.1, 0.15) is 0 Å². The first-order valence-corrected chi connectivity index (χ1v) is 4.83. The molecular weight excluding hydrogens is 190 g/mol. The molecule has 0 radical (unpaired) electrons. The molecule has 3 heteroatoms. The van der Waals surface area contributed by atoms with Crippen molar-refractivity contribution in [2.75, 3.05) is 18.0 Å². The molecule has 1 aromatic carbocycles. The van der Waals surface area contributed by atoms with Crippen molar-refractivity contribution in [2.45, 2.75) is 6.92 Å². The highest BCUT2D eigenvalue weighted by molar-refractivity contribution is 5.88. The molecule has 1 aliphatic heterocycles. The second-order valence-corrected chi connectivity index (χ2v) is 3.91. The summed E-state index contributed by atoms with van der Waals surface area (Å²) in [6, 6.07) is 5.22. The van der Waals surface area contributed by atoms with Crippen LogP contribution in [-0.4, -0.2) is 24.2 Å². The minimum Gasteiger partial charge on any atom is -0.478 e. The van der Waals surface area contributed by atoms with Crippen LogP contribution in [0.5, 0.6) is 0 Å². The van der Waals surface area contributed by atoms with Crippen molar-refractivity contribution in [1.29, 1.82) is 0 Å². The van der Waals surface area contributed by atoms with Crippen LogP contribution >= 0.6 is 0 Å². The number of carboxylic acids is 1. The van der Waals surface area contributed by atoms with Gasteiger partial charge in [-0.15, -0.1) is 0 Å². The fourth-order valence-electron chi connectivity index (χ4n) is 1.81. The molecule has 3 nitrogen and oxygen atoms in total. The molecule has 0 bridgehead atoms. The average Bonchev–Trinajstić information content (AvgIpc) is 2.13. The second kappa shape index (κ2) is 3.42. The van der Waals surface area contributed by atoms with Crippen LogP contribution in [0.25, 0.3) is 0 Å². The Morgan fingerprint density at radius 3 is 2.60 bits per heavy atom. The smallest absolute Gasteiger partial charge is 0.335 e. The van der Waals surface area contributed by atoms with Gasteiger partial charge in [-0.3, -0.25) is 0 Å². The van der Waals surface area contributed by atoms with Gasteiger partial charge in [0.25, 0.3) is 0 Å². The number of aryl methyl sites for hydroxylation is 1. The molecule has 15 heavy (non-hydrogen) atoms. The summed E-state index contributed by atoms with van der Waals surface area (Å²) in [5.74, 6) is -0.877. The van der Waals surface area contributed by atoms with Crippen molar-refractivity contribution >= 4 is 11.7 Å². The van der Waals surface area contributed by atoms with Gasteiger partial charge in [0.15, 0.2) is 0 Å². The molecule has 0 saturated carbocycles. The molecule has 1 aromatic rings. The fraction of sp³-hybridized carbons (Fsp3) is 0.250. The molecule has 0 aliphatic carbocycles. The van der Waals surface area contributed by atoms with E-state index in [1.54, 1.807) is 12.1 Å². The van der Waals surface area contributed by atoms with Gasteiger partial charge in [-0.05, 0) is 36.3 Å². The first kappa shape index (κ1) is 9.77. The van der Waals surface area contributed by atoms with Gasteiger partial charge < -0.3 is 10.0 Å². The summed E-state index contributed by atoms with van der Waals surface area (Å²) in [7, 11) is 0. The normalized spacial score (nSPS) is 15.0. The highest BCUT2D eigenvalue weighted by Gasteiger charge is 2.20. The van der Waals surface area contributed by atoms with Crippen molar-refractivity contribution < 1.29 is 9.90 Å². The summed E-state index contributed by atoms with van der Waals surface area (Å²) in [6.45, 7) is 7.57. The van der Waals surface area contributed by atoms with Gasteiger partial charge >= 0.3 is 5.97 Å². The van der Waals surface area contributed by atoms with E-state index in [1.165, 1.54) is 5.57 Å². The summed E-state index contributed by atoms with van der Waals surface area (Å²) in [5.41, 5.74) is 3.67. The summed E-state index contributed by atoms with van der Waals surface area (Å²) >= 11 is 0. The van der Waals surface area contributed by atoms with Crippen LogP contribution in [0.1, 0.15) is 15.9 Å². The van der Waals surface area contributed by atoms with Crippen LogP contribution in [-0.2, 0) is 0 Å². The maximum Gasteiger partial charge on any atom is 0.335 e. The Balaban J connectivity index is 2.27. The second-order valence-electron chi connectivity index (χ2n) is 3.91. The number of benzene rings is 1. The van der Waals surface area contributed by atoms with Crippen LogP contribution in [0.4, 0.5) is 5.69 Å². The number of carbonyl (C=O) groups is 1. The number of rotatable bonds is 2. The molecule has 0 aromatic heterocycles. The maximum absolute atomic E-state index is 10.7. The Morgan fingerprint density at radius 1 is 1.47 bits per heavy atom. The average molecular weight is 203 g/mol. The van der Waals surface area contributed by atoms with Gasteiger partial charge in [-0.25, -0.2) is 4.79 Å². The lowest BCUT2D eigenvalue weighted by molar-refractivity contribution is 0.0697. The summed E-state index contributed by atoms with van der Waals surface area (Å²) in [4.78, 5) is 12.9. The molecule has 1 saturated heterocycles. The molecule has 0 amide bonds. The minimum atomic E-state index is -0.877. The predicted octanol–water partition coefficient (Wildman–Crippen LogP) is 2.07. The van der Waals surface area contributed by atoms with Crippen LogP contribution in [0.15, 0.2) is 30.4 Å². The Hall–Kier alpha value is -1.77. The van der Waals surface area contributed by atoms with Crippen LogP contribution < -0.4 is 4.90 Å². The number of anilines is 1. The van der Waals surface area contributed by atoms with E-state index in [9.17, 15) is 4.79 Å². The van der Waals surface area contributed by atoms with Gasteiger partial charge in [0.2, 0.25) is 0 Å². The largest absolute Gasteiger partial charge is 0.478 e. The standard InChI is InChI=1S/C12H13NO2/c1-8-6-13(7-8)11-4-3-10(12(14)15)5-9(11)2/h3-5H,1,6-7H2,2H3,(H,14,15). The van der Waals surface area contributed by atoms with Crippen molar-refractivity contribution in [2.24, 2.45) is 0 Å². The first-order valence-electron chi connectivity index (χ1n) is 4.83. The number of hydrogen-bond acceptors (Lipinski definition) is 2. The van der Waals surface area contributed by atoms with E-state index in [1.807, 2.05) is 13.0 Å². The van der Waals surface area contributed by atoms with Crippen molar-refractivity contribution in [3.63, 3.8) is 0 Å². The van der Waals surface area contributed by atoms with E-state index >= 15 is 0 Å². The SMILES string of the molecule is C=C1CN(c2ccc(C(=O)O)cc2C)C1. The molecular formula is C12H13NO2. The van der Waals surface area contributed by atoms with E-state index < -0.39 is 5.97 Å².